The van der Waals surface area contributed by atoms with Gasteiger partial charge in [-0.05, 0) is 13.8 Å². The maximum absolute atomic E-state index is 8.82. The summed E-state index contributed by atoms with van der Waals surface area (Å²) in [6.45, 7) is 3.34. The van der Waals surface area contributed by atoms with Crippen LogP contribution in [0.25, 0.3) is 0 Å². The molecule has 0 spiro atoms. The van der Waals surface area contributed by atoms with Crippen molar-refractivity contribution in [2.75, 3.05) is 0 Å². The standard InChI is InChI=1S/C8H10N4O/c1-8(2,5-9)7(11-13)12-4-3-10-6-12/h3-4,6,13H,1-2H3/b11-7-. The predicted molar refractivity (Wildman–Crippen MR) is 46.2 cm³/mol. The van der Waals surface area contributed by atoms with Crippen LogP contribution < -0.4 is 0 Å². The first-order valence-corrected chi connectivity index (χ1v) is 3.74. The molecule has 0 bridgehead atoms. The molecule has 1 aromatic rings. The predicted octanol–water partition coefficient (Wildman–Crippen LogP) is 1.07. The maximum Gasteiger partial charge on any atom is 0.173 e. The highest BCUT2D eigenvalue weighted by Gasteiger charge is 2.26. The molecule has 1 heterocycles. The molecule has 1 aromatic heterocycles. The van der Waals surface area contributed by atoms with Crippen LogP contribution in [0.2, 0.25) is 0 Å². The molecule has 5 nitrogen and oxygen atoms in total. The summed E-state index contributed by atoms with van der Waals surface area (Å²) >= 11 is 0. The quantitative estimate of drug-likeness (QED) is 0.302. The number of hydrogen-bond donors (Lipinski definition) is 1. The van der Waals surface area contributed by atoms with E-state index in [0.717, 1.165) is 0 Å². The third kappa shape index (κ3) is 1.67. The molecule has 1 N–H and O–H groups in total. The molecular weight excluding hydrogens is 168 g/mol. The van der Waals surface area contributed by atoms with Crippen LogP contribution in [0.4, 0.5) is 0 Å². The van der Waals surface area contributed by atoms with Gasteiger partial charge in [0, 0.05) is 12.4 Å². The van der Waals surface area contributed by atoms with Crippen LogP contribution in [-0.2, 0) is 0 Å². The van der Waals surface area contributed by atoms with Gasteiger partial charge in [0.25, 0.3) is 0 Å². The Kier molecular flexibility index (Phi) is 2.33. The summed E-state index contributed by atoms with van der Waals surface area (Å²) in [5.41, 5.74) is -0.838. The van der Waals surface area contributed by atoms with Gasteiger partial charge in [-0.15, -0.1) is 0 Å². The van der Waals surface area contributed by atoms with Crippen LogP contribution in [0.15, 0.2) is 23.9 Å². The Balaban J connectivity index is 3.10. The second kappa shape index (κ2) is 3.27. The average molecular weight is 178 g/mol. The van der Waals surface area contributed by atoms with Gasteiger partial charge in [-0.1, -0.05) is 5.16 Å². The number of aromatic nitrogens is 2. The van der Waals surface area contributed by atoms with Crippen molar-refractivity contribution in [3.63, 3.8) is 0 Å². The lowest BCUT2D eigenvalue weighted by molar-refractivity contribution is 0.310. The molecule has 0 unspecified atom stereocenters. The molecule has 13 heavy (non-hydrogen) atoms. The SMILES string of the molecule is CC(C)(C#N)/C(=N/O)n1ccnc1. The Labute approximate surface area is 75.9 Å². The second-order valence-corrected chi connectivity index (χ2v) is 3.13. The van der Waals surface area contributed by atoms with E-state index in [9.17, 15) is 0 Å². The van der Waals surface area contributed by atoms with Crippen molar-refractivity contribution < 1.29 is 5.21 Å². The topological polar surface area (TPSA) is 74.2 Å². The number of rotatable bonds is 1. The minimum atomic E-state index is -0.838. The van der Waals surface area contributed by atoms with E-state index >= 15 is 0 Å². The first kappa shape index (κ1) is 9.26. The van der Waals surface area contributed by atoms with E-state index in [1.807, 2.05) is 6.07 Å². The van der Waals surface area contributed by atoms with Crippen LogP contribution >= 0.6 is 0 Å². The second-order valence-electron chi connectivity index (χ2n) is 3.13. The normalized spacial score (nSPS) is 12.5. The summed E-state index contributed by atoms with van der Waals surface area (Å²) in [4.78, 5) is 3.80. The highest BCUT2D eigenvalue weighted by molar-refractivity contribution is 5.91. The number of hydrogen-bond acceptors (Lipinski definition) is 4. The zero-order valence-electron chi connectivity index (χ0n) is 7.47. The fourth-order valence-corrected chi connectivity index (χ4v) is 0.934. The lowest BCUT2D eigenvalue weighted by Gasteiger charge is -2.16. The molecule has 5 heteroatoms. The van der Waals surface area contributed by atoms with E-state index in [2.05, 4.69) is 10.1 Å². The smallest absolute Gasteiger partial charge is 0.173 e. The number of nitriles is 1. The van der Waals surface area contributed by atoms with Crippen LogP contribution in [0.5, 0.6) is 0 Å². The van der Waals surface area contributed by atoms with Gasteiger partial charge in [0.2, 0.25) is 0 Å². The minimum Gasteiger partial charge on any atom is -0.409 e. The Morgan fingerprint density at radius 2 is 2.38 bits per heavy atom. The van der Waals surface area contributed by atoms with Gasteiger partial charge in [-0.2, -0.15) is 5.26 Å². The third-order valence-corrected chi connectivity index (χ3v) is 1.68. The molecule has 1 rings (SSSR count). The summed E-state index contributed by atoms with van der Waals surface area (Å²) in [6, 6.07) is 2.04. The summed E-state index contributed by atoms with van der Waals surface area (Å²) in [5.74, 6) is 0.257. The number of imidazole rings is 1. The Morgan fingerprint density at radius 1 is 1.69 bits per heavy atom. The van der Waals surface area contributed by atoms with Crippen molar-refractivity contribution in [1.82, 2.24) is 9.55 Å². The summed E-state index contributed by atoms with van der Waals surface area (Å²) in [7, 11) is 0. The molecule has 0 aliphatic rings. The molecule has 68 valence electrons. The lowest BCUT2D eigenvalue weighted by atomic mass is 9.94. The summed E-state index contributed by atoms with van der Waals surface area (Å²) in [6.07, 6.45) is 4.65. The van der Waals surface area contributed by atoms with Crippen molar-refractivity contribution in [3.8, 4) is 6.07 Å². The number of oxime groups is 1. The van der Waals surface area contributed by atoms with Crippen molar-refractivity contribution in [2.24, 2.45) is 10.6 Å². The van der Waals surface area contributed by atoms with Crippen molar-refractivity contribution in [3.05, 3.63) is 18.7 Å². The average Bonchev–Trinajstić information content (AvgIpc) is 2.58. The van der Waals surface area contributed by atoms with Gasteiger partial charge >= 0.3 is 0 Å². The summed E-state index contributed by atoms with van der Waals surface area (Å²) in [5, 5.41) is 20.7. The van der Waals surface area contributed by atoms with Crippen LogP contribution in [-0.4, -0.2) is 20.6 Å². The first-order valence-electron chi connectivity index (χ1n) is 3.74. The monoisotopic (exact) mass is 178 g/mol. The van der Waals surface area contributed by atoms with E-state index in [4.69, 9.17) is 10.5 Å². The fourth-order valence-electron chi connectivity index (χ4n) is 0.934. The van der Waals surface area contributed by atoms with Gasteiger partial charge in [-0.3, -0.25) is 4.57 Å². The molecule has 0 fully saturated rings. The maximum atomic E-state index is 8.82. The van der Waals surface area contributed by atoms with Gasteiger partial charge < -0.3 is 5.21 Å². The largest absolute Gasteiger partial charge is 0.409 e. The van der Waals surface area contributed by atoms with E-state index < -0.39 is 5.41 Å². The van der Waals surface area contributed by atoms with Gasteiger partial charge in [0.15, 0.2) is 5.84 Å². The fraction of sp³-hybridized carbons (Fsp3) is 0.375. The molecule has 0 saturated carbocycles. The highest BCUT2D eigenvalue weighted by Crippen LogP contribution is 2.17. The van der Waals surface area contributed by atoms with Crippen LogP contribution in [0.1, 0.15) is 13.8 Å². The van der Waals surface area contributed by atoms with E-state index in [0.29, 0.717) is 0 Å². The molecule has 0 aromatic carbocycles. The van der Waals surface area contributed by atoms with E-state index in [1.165, 1.54) is 10.9 Å². The Morgan fingerprint density at radius 3 is 2.77 bits per heavy atom. The molecule has 0 atom stereocenters. The zero-order valence-corrected chi connectivity index (χ0v) is 7.47. The van der Waals surface area contributed by atoms with Crippen molar-refractivity contribution in [1.29, 1.82) is 5.26 Å². The molecule has 0 amide bonds. The molecule has 0 radical (unpaired) electrons. The number of nitrogens with zero attached hydrogens (tertiary/aromatic N) is 4. The minimum absolute atomic E-state index is 0.257. The third-order valence-electron chi connectivity index (χ3n) is 1.68. The molecular formula is C8H10N4O. The van der Waals surface area contributed by atoms with Gasteiger partial charge in [-0.25, -0.2) is 4.98 Å². The van der Waals surface area contributed by atoms with Crippen LogP contribution in [0.3, 0.4) is 0 Å². The summed E-state index contributed by atoms with van der Waals surface area (Å²) < 4.78 is 1.50. The van der Waals surface area contributed by atoms with Crippen molar-refractivity contribution >= 4 is 5.84 Å². The highest BCUT2D eigenvalue weighted by atomic mass is 16.4. The van der Waals surface area contributed by atoms with Gasteiger partial charge in [0.05, 0.1) is 6.07 Å². The lowest BCUT2D eigenvalue weighted by Crippen LogP contribution is -2.28. The molecule has 0 aliphatic carbocycles. The van der Waals surface area contributed by atoms with E-state index in [-0.39, 0.29) is 5.84 Å². The zero-order chi connectivity index (χ0) is 9.90. The first-order chi connectivity index (χ1) is 6.11. The molecule has 0 aliphatic heterocycles. The Hall–Kier alpha value is -1.83. The molecule has 0 saturated heterocycles. The van der Waals surface area contributed by atoms with Crippen molar-refractivity contribution in [2.45, 2.75) is 13.8 Å². The van der Waals surface area contributed by atoms with Crippen LogP contribution in [0, 0.1) is 16.7 Å². The van der Waals surface area contributed by atoms with Gasteiger partial charge in [0.1, 0.15) is 11.7 Å². The Bertz CT molecular complexity index is 345. The van der Waals surface area contributed by atoms with E-state index in [1.54, 1.807) is 26.2 Å².